The molecule has 0 amide bonds. The van der Waals surface area contributed by atoms with Gasteiger partial charge in [-0.1, -0.05) is 38.3 Å². The normalized spacial score (nSPS) is 25.0. The summed E-state index contributed by atoms with van der Waals surface area (Å²) in [7, 11) is 0. The van der Waals surface area contributed by atoms with Crippen LogP contribution in [0.3, 0.4) is 0 Å². The van der Waals surface area contributed by atoms with E-state index in [2.05, 4.69) is 6.92 Å². The van der Waals surface area contributed by atoms with Crippen LogP contribution in [0.2, 0.25) is 0 Å². The molecule has 1 aromatic carbocycles. The summed E-state index contributed by atoms with van der Waals surface area (Å²) < 4.78 is 5.52. The van der Waals surface area contributed by atoms with Crippen LogP contribution >= 0.6 is 0 Å². The molecule has 1 aliphatic carbocycles. The van der Waals surface area contributed by atoms with Gasteiger partial charge in [0.15, 0.2) is 0 Å². The van der Waals surface area contributed by atoms with E-state index in [1.807, 2.05) is 31.2 Å². The minimum atomic E-state index is -0.338. The Morgan fingerprint density at radius 2 is 2.16 bits per heavy atom. The second-order valence-corrected chi connectivity index (χ2v) is 5.65. The van der Waals surface area contributed by atoms with Crippen LogP contribution in [0.5, 0.6) is 5.75 Å². The molecule has 1 saturated carbocycles. The first-order chi connectivity index (χ1) is 9.24. The fourth-order valence-corrected chi connectivity index (χ4v) is 3.22. The number of hydrogen-bond acceptors (Lipinski definition) is 2. The lowest BCUT2D eigenvalue weighted by Crippen LogP contribution is -2.21. The van der Waals surface area contributed by atoms with Crippen molar-refractivity contribution in [1.82, 2.24) is 0 Å². The molecule has 0 spiro atoms. The van der Waals surface area contributed by atoms with Gasteiger partial charge in [-0.2, -0.15) is 0 Å². The maximum Gasteiger partial charge on any atom is 0.119 e. The van der Waals surface area contributed by atoms with E-state index >= 15 is 0 Å². The molecule has 3 unspecified atom stereocenters. The summed E-state index contributed by atoms with van der Waals surface area (Å²) in [6.07, 6.45) is 5.80. The molecule has 2 nitrogen and oxygen atoms in total. The summed E-state index contributed by atoms with van der Waals surface area (Å²) >= 11 is 0. The molecule has 0 aliphatic heterocycles. The van der Waals surface area contributed by atoms with Crippen molar-refractivity contribution < 1.29 is 9.84 Å². The van der Waals surface area contributed by atoms with E-state index in [0.717, 1.165) is 30.1 Å². The average molecular weight is 262 g/mol. The van der Waals surface area contributed by atoms with E-state index in [9.17, 15) is 5.11 Å². The number of ether oxygens (including phenoxy) is 1. The van der Waals surface area contributed by atoms with Crippen molar-refractivity contribution in [3.8, 4) is 5.75 Å². The van der Waals surface area contributed by atoms with Gasteiger partial charge in [0.25, 0.3) is 0 Å². The third-order valence-electron chi connectivity index (χ3n) is 4.36. The van der Waals surface area contributed by atoms with E-state index in [1.54, 1.807) is 0 Å². The predicted octanol–water partition coefficient (Wildman–Crippen LogP) is 4.34. The van der Waals surface area contributed by atoms with Gasteiger partial charge in [0.2, 0.25) is 0 Å². The molecule has 0 radical (unpaired) electrons. The molecule has 0 heterocycles. The first-order valence-electron chi connectivity index (χ1n) is 7.65. The van der Waals surface area contributed by atoms with Gasteiger partial charge in [0, 0.05) is 0 Å². The molecule has 106 valence electrons. The number of hydrogen-bond donors (Lipinski definition) is 1. The molecule has 0 aromatic heterocycles. The van der Waals surface area contributed by atoms with Gasteiger partial charge in [-0.05, 0) is 49.3 Å². The Hall–Kier alpha value is -1.02. The first-order valence-corrected chi connectivity index (χ1v) is 7.65. The minimum Gasteiger partial charge on any atom is -0.494 e. The Morgan fingerprint density at radius 1 is 1.32 bits per heavy atom. The zero-order chi connectivity index (χ0) is 13.7. The van der Waals surface area contributed by atoms with Gasteiger partial charge < -0.3 is 9.84 Å². The van der Waals surface area contributed by atoms with Crippen LogP contribution in [0.4, 0.5) is 0 Å². The molecule has 2 heteroatoms. The molecule has 1 N–H and O–H groups in total. The van der Waals surface area contributed by atoms with Gasteiger partial charge in [-0.3, -0.25) is 0 Å². The second kappa shape index (κ2) is 6.95. The molecular weight excluding hydrogens is 236 g/mol. The van der Waals surface area contributed by atoms with Gasteiger partial charge in [-0.15, -0.1) is 0 Å². The Morgan fingerprint density at radius 3 is 2.89 bits per heavy atom. The van der Waals surface area contributed by atoms with E-state index in [4.69, 9.17) is 4.74 Å². The highest BCUT2D eigenvalue weighted by Crippen LogP contribution is 2.38. The Kier molecular flexibility index (Phi) is 5.26. The second-order valence-electron chi connectivity index (χ2n) is 5.65. The van der Waals surface area contributed by atoms with E-state index in [0.29, 0.717) is 12.5 Å². The molecule has 0 bridgehead atoms. The lowest BCUT2D eigenvalue weighted by molar-refractivity contribution is 0.0676. The highest BCUT2D eigenvalue weighted by atomic mass is 16.5. The number of rotatable bonds is 5. The summed E-state index contributed by atoms with van der Waals surface area (Å²) in [4.78, 5) is 0. The predicted molar refractivity (Wildman–Crippen MR) is 78.3 cm³/mol. The Balaban J connectivity index is 2.05. The van der Waals surface area contributed by atoms with Crippen molar-refractivity contribution >= 4 is 0 Å². The summed E-state index contributed by atoms with van der Waals surface area (Å²) in [6, 6.07) is 7.94. The van der Waals surface area contributed by atoms with Crippen LogP contribution in [0, 0.1) is 11.8 Å². The van der Waals surface area contributed by atoms with Gasteiger partial charge in [-0.25, -0.2) is 0 Å². The standard InChI is InChI=1S/C17H26O2/c1-3-13-7-5-8-14(11-13)17(18)15-9-6-10-16(12-15)19-4-2/h6,9-10,12-14,17-18H,3-5,7-8,11H2,1-2H3. The molecule has 0 saturated heterocycles. The fraction of sp³-hybridized carbons (Fsp3) is 0.647. The third kappa shape index (κ3) is 3.73. The Bertz CT molecular complexity index is 389. The zero-order valence-electron chi connectivity index (χ0n) is 12.1. The van der Waals surface area contributed by atoms with Crippen LogP contribution in [0.15, 0.2) is 24.3 Å². The monoisotopic (exact) mass is 262 g/mol. The molecule has 19 heavy (non-hydrogen) atoms. The third-order valence-corrected chi connectivity index (χ3v) is 4.36. The number of aliphatic hydroxyl groups is 1. The highest BCUT2D eigenvalue weighted by Gasteiger charge is 2.27. The summed E-state index contributed by atoms with van der Waals surface area (Å²) in [5.41, 5.74) is 1.01. The molecule has 2 rings (SSSR count). The zero-order valence-corrected chi connectivity index (χ0v) is 12.1. The lowest BCUT2D eigenvalue weighted by Gasteiger charge is -2.32. The van der Waals surface area contributed by atoms with Crippen molar-refractivity contribution in [3.05, 3.63) is 29.8 Å². The van der Waals surface area contributed by atoms with Crippen LogP contribution < -0.4 is 4.74 Å². The van der Waals surface area contributed by atoms with Crippen LogP contribution in [0.25, 0.3) is 0 Å². The quantitative estimate of drug-likeness (QED) is 0.855. The molecule has 1 fully saturated rings. The van der Waals surface area contributed by atoms with Gasteiger partial charge in [0.1, 0.15) is 5.75 Å². The molecule has 1 aromatic rings. The first kappa shape index (κ1) is 14.4. The summed E-state index contributed by atoms with van der Waals surface area (Å²) in [5.74, 6) is 2.07. The highest BCUT2D eigenvalue weighted by molar-refractivity contribution is 5.30. The average Bonchev–Trinajstić information content (AvgIpc) is 2.47. The van der Waals surface area contributed by atoms with Crippen molar-refractivity contribution in [2.45, 2.75) is 52.1 Å². The van der Waals surface area contributed by atoms with E-state index < -0.39 is 0 Å². The minimum absolute atomic E-state index is 0.338. The maximum absolute atomic E-state index is 10.6. The topological polar surface area (TPSA) is 29.5 Å². The summed E-state index contributed by atoms with van der Waals surface area (Å²) in [5, 5.41) is 10.6. The number of benzene rings is 1. The Labute approximate surface area is 116 Å². The smallest absolute Gasteiger partial charge is 0.119 e. The number of aliphatic hydroxyl groups excluding tert-OH is 1. The molecular formula is C17H26O2. The van der Waals surface area contributed by atoms with Crippen molar-refractivity contribution in [1.29, 1.82) is 0 Å². The fourth-order valence-electron chi connectivity index (χ4n) is 3.22. The molecule has 1 aliphatic rings. The maximum atomic E-state index is 10.6. The van der Waals surface area contributed by atoms with Gasteiger partial charge >= 0.3 is 0 Å². The van der Waals surface area contributed by atoms with E-state index in [-0.39, 0.29) is 6.10 Å². The summed E-state index contributed by atoms with van der Waals surface area (Å²) in [6.45, 7) is 4.91. The van der Waals surface area contributed by atoms with E-state index in [1.165, 1.54) is 19.3 Å². The van der Waals surface area contributed by atoms with Crippen molar-refractivity contribution in [2.75, 3.05) is 6.61 Å². The van der Waals surface area contributed by atoms with Crippen LogP contribution in [-0.2, 0) is 0 Å². The largest absolute Gasteiger partial charge is 0.494 e. The lowest BCUT2D eigenvalue weighted by atomic mass is 9.76. The van der Waals surface area contributed by atoms with Crippen molar-refractivity contribution in [3.63, 3.8) is 0 Å². The van der Waals surface area contributed by atoms with Gasteiger partial charge in [0.05, 0.1) is 12.7 Å². The molecule has 3 atom stereocenters. The van der Waals surface area contributed by atoms with Crippen LogP contribution in [0.1, 0.15) is 57.6 Å². The van der Waals surface area contributed by atoms with Crippen molar-refractivity contribution in [2.24, 2.45) is 11.8 Å². The van der Waals surface area contributed by atoms with Crippen LogP contribution in [-0.4, -0.2) is 11.7 Å². The SMILES string of the molecule is CCOc1cccc(C(O)C2CCCC(CC)C2)c1.